The van der Waals surface area contributed by atoms with Crippen LogP contribution < -0.4 is 10.6 Å². The van der Waals surface area contributed by atoms with Crippen molar-refractivity contribution in [2.45, 2.75) is 32.6 Å². The van der Waals surface area contributed by atoms with Crippen molar-refractivity contribution in [1.29, 1.82) is 0 Å². The molecule has 3 nitrogen and oxygen atoms in total. The van der Waals surface area contributed by atoms with E-state index in [1.54, 1.807) is 11.9 Å². The van der Waals surface area contributed by atoms with Gasteiger partial charge >= 0.3 is 0 Å². The standard InChI is InChI=1S/C15H20N2OS/c1-11-5-7-12(8-6-11)17(2)14(18)15(13(16)19)9-3-4-10-15/h5-8H,3-4,9-10H2,1-2H3,(H2,16,19). The quantitative estimate of drug-likeness (QED) is 0.864. The molecule has 1 aromatic rings. The van der Waals surface area contributed by atoms with Gasteiger partial charge in [0, 0.05) is 12.7 Å². The van der Waals surface area contributed by atoms with Gasteiger partial charge in [-0.25, -0.2) is 0 Å². The van der Waals surface area contributed by atoms with Gasteiger partial charge in [0.1, 0.15) is 0 Å². The maximum Gasteiger partial charge on any atom is 0.239 e. The number of carbonyl (C=O) groups excluding carboxylic acids is 1. The highest BCUT2D eigenvalue weighted by atomic mass is 32.1. The van der Waals surface area contributed by atoms with Crippen molar-refractivity contribution in [2.75, 3.05) is 11.9 Å². The van der Waals surface area contributed by atoms with E-state index >= 15 is 0 Å². The molecular weight excluding hydrogens is 256 g/mol. The highest BCUT2D eigenvalue weighted by Gasteiger charge is 2.45. The Morgan fingerprint density at radius 2 is 1.79 bits per heavy atom. The molecule has 2 N–H and O–H groups in total. The van der Waals surface area contributed by atoms with E-state index in [2.05, 4.69) is 0 Å². The molecule has 0 aromatic heterocycles. The minimum Gasteiger partial charge on any atom is -0.392 e. The number of nitrogens with zero attached hydrogens (tertiary/aromatic N) is 1. The smallest absolute Gasteiger partial charge is 0.239 e. The summed E-state index contributed by atoms with van der Waals surface area (Å²) in [5.74, 6) is 0.0290. The third-order valence-corrected chi connectivity index (χ3v) is 4.45. The summed E-state index contributed by atoms with van der Waals surface area (Å²) in [5.41, 5.74) is 7.29. The van der Waals surface area contributed by atoms with Crippen LogP contribution in [0.15, 0.2) is 24.3 Å². The number of aryl methyl sites for hydroxylation is 1. The van der Waals surface area contributed by atoms with E-state index in [0.29, 0.717) is 4.99 Å². The van der Waals surface area contributed by atoms with E-state index in [1.165, 1.54) is 5.56 Å². The molecule has 0 aliphatic heterocycles. The number of benzene rings is 1. The molecule has 0 saturated heterocycles. The van der Waals surface area contributed by atoms with Crippen LogP contribution in [0.3, 0.4) is 0 Å². The predicted octanol–water partition coefficient (Wildman–Crippen LogP) is 2.80. The zero-order chi connectivity index (χ0) is 14.0. The van der Waals surface area contributed by atoms with Crippen molar-refractivity contribution in [3.63, 3.8) is 0 Å². The molecule has 1 aliphatic carbocycles. The largest absolute Gasteiger partial charge is 0.392 e. The number of hydrogen-bond acceptors (Lipinski definition) is 2. The second-order valence-corrected chi connectivity index (χ2v) is 5.79. The van der Waals surface area contributed by atoms with Crippen molar-refractivity contribution in [2.24, 2.45) is 11.1 Å². The predicted molar refractivity (Wildman–Crippen MR) is 82.3 cm³/mol. The first-order chi connectivity index (χ1) is 8.97. The van der Waals surface area contributed by atoms with E-state index in [9.17, 15) is 4.79 Å². The van der Waals surface area contributed by atoms with Crippen molar-refractivity contribution in [1.82, 2.24) is 0 Å². The van der Waals surface area contributed by atoms with Crippen molar-refractivity contribution < 1.29 is 4.79 Å². The van der Waals surface area contributed by atoms with Gasteiger partial charge in [0.15, 0.2) is 0 Å². The molecule has 0 spiro atoms. The minimum atomic E-state index is -0.630. The Balaban J connectivity index is 2.27. The van der Waals surface area contributed by atoms with Crippen LogP contribution in [0, 0.1) is 12.3 Å². The molecular formula is C15H20N2OS. The monoisotopic (exact) mass is 276 g/mol. The molecule has 4 heteroatoms. The molecule has 102 valence electrons. The van der Waals surface area contributed by atoms with Crippen LogP contribution in [0.1, 0.15) is 31.2 Å². The van der Waals surface area contributed by atoms with Crippen LogP contribution in [0.4, 0.5) is 5.69 Å². The minimum absolute atomic E-state index is 0.0290. The van der Waals surface area contributed by atoms with Crippen molar-refractivity contribution >= 4 is 28.8 Å². The average molecular weight is 276 g/mol. The zero-order valence-electron chi connectivity index (χ0n) is 11.5. The maximum atomic E-state index is 12.8. The number of thiocarbonyl (C=S) groups is 1. The van der Waals surface area contributed by atoms with Crippen LogP contribution >= 0.6 is 12.2 Å². The van der Waals surface area contributed by atoms with Crippen molar-refractivity contribution in [3.8, 4) is 0 Å². The van der Waals surface area contributed by atoms with Gasteiger partial charge in [0.05, 0.1) is 10.4 Å². The molecule has 2 rings (SSSR count). The van der Waals surface area contributed by atoms with E-state index in [-0.39, 0.29) is 5.91 Å². The highest BCUT2D eigenvalue weighted by molar-refractivity contribution is 7.80. The normalized spacial score (nSPS) is 17.2. The van der Waals surface area contributed by atoms with Gasteiger partial charge in [-0.1, -0.05) is 42.8 Å². The van der Waals surface area contributed by atoms with Gasteiger partial charge in [-0.05, 0) is 31.9 Å². The SMILES string of the molecule is Cc1ccc(N(C)C(=O)C2(C(N)=S)CCCC2)cc1. The molecule has 1 fully saturated rings. The molecule has 0 bridgehead atoms. The van der Waals surface area contributed by atoms with Gasteiger partial charge in [-0.15, -0.1) is 0 Å². The number of amides is 1. The number of carbonyl (C=O) groups is 1. The third kappa shape index (κ3) is 2.50. The lowest BCUT2D eigenvalue weighted by molar-refractivity contribution is -0.124. The number of nitrogens with two attached hydrogens (primary N) is 1. The number of rotatable bonds is 3. The zero-order valence-corrected chi connectivity index (χ0v) is 12.3. The van der Waals surface area contributed by atoms with Gasteiger partial charge < -0.3 is 10.6 Å². The second kappa shape index (κ2) is 5.29. The van der Waals surface area contributed by atoms with Crippen LogP contribution in [-0.2, 0) is 4.79 Å². The average Bonchev–Trinajstić information content (AvgIpc) is 2.88. The summed E-state index contributed by atoms with van der Waals surface area (Å²) in [6.07, 6.45) is 3.59. The second-order valence-electron chi connectivity index (χ2n) is 5.35. The van der Waals surface area contributed by atoms with E-state index in [0.717, 1.165) is 31.4 Å². The fourth-order valence-corrected chi connectivity index (χ4v) is 3.04. The Labute approximate surface area is 119 Å². The van der Waals surface area contributed by atoms with Gasteiger partial charge in [-0.2, -0.15) is 0 Å². The van der Waals surface area contributed by atoms with Gasteiger partial charge in [0.25, 0.3) is 0 Å². The molecule has 0 radical (unpaired) electrons. The van der Waals surface area contributed by atoms with Crippen molar-refractivity contribution in [3.05, 3.63) is 29.8 Å². The molecule has 1 amide bonds. The van der Waals surface area contributed by atoms with Crippen LogP contribution in [0.2, 0.25) is 0 Å². The van der Waals surface area contributed by atoms with Crippen LogP contribution in [-0.4, -0.2) is 17.9 Å². The van der Waals surface area contributed by atoms with Gasteiger partial charge in [-0.3, -0.25) is 4.79 Å². The summed E-state index contributed by atoms with van der Waals surface area (Å²) in [5, 5.41) is 0. The lowest BCUT2D eigenvalue weighted by Gasteiger charge is -2.31. The number of anilines is 1. The highest BCUT2D eigenvalue weighted by Crippen LogP contribution is 2.40. The molecule has 1 aliphatic rings. The molecule has 1 aromatic carbocycles. The summed E-state index contributed by atoms with van der Waals surface area (Å²) in [7, 11) is 1.80. The molecule has 19 heavy (non-hydrogen) atoms. The Morgan fingerprint density at radius 1 is 1.26 bits per heavy atom. The fraction of sp³-hybridized carbons (Fsp3) is 0.467. The fourth-order valence-electron chi connectivity index (χ4n) is 2.75. The lowest BCUT2D eigenvalue weighted by Crippen LogP contribution is -2.48. The first-order valence-corrected chi connectivity index (χ1v) is 7.03. The summed E-state index contributed by atoms with van der Waals surface area (Å²) in [4.78, 5) is 14.8. The Kier molecular flexibility index (Phi) is 3.90. The van der Waals surface area contributed by atoms with E-state index in [4.69, 9.17) is 18.0 Å². The summed E-state index contributed by atoms with van der Waals surface area (Å²) >= 11 is 5.16. The maximum absolute atomic E-state index is 12.8. The molecule has 0 heterocycles. The Morgan fingerprint density at radius 3 is 2.26 bits per heavy atom. The summed E-state index contributed by atoms with van der Waals surface area (Å²) in [6, 6.07) is 7.91. The first kappa shape index (κ1) is 14.0. The van der Waals surface area contributed by atoms with E-state index in [1.807, 2.05) is 31.2 Å². The summed E-state index contributed by atoms with van der Waals surface area (Å²) in [6.45, 7) is 2.03. The molecule has 0 atom stereocenters. The summed E-state index contributed by atoms with van der Waals surface area (Å²) < 4.78 is 0. The number of hydrogen-bond donors (Lipinski definition) is 1. The van der Waals surface area contributed by atoms with E-state index < -0.39 is 5.41 Å². The topological polar surface area (TPSA) is 46.3 Å². The van der Waals surface area contributed by atoms with Crippen LogP contribution in [0.25, 0.3) is 0 Å². The Bertz CT molecular complexity index is 489. The third-order valence-electron chi connectivity index (χ3n) is 4.06. The first-order valence-electron chi connectivity index (χ1n) is 6.62. The molecule has 1 saturated carbocycles. The Hall–Kier alpha value is -1.42. The van der Waals surface area contributed by atoms with Crippen LogP contribution in [0.5, 0.6) is 0 Å². The van der Waals surface area contributed by atoms with Gasteiger partial charge in [0.2, 0.25) is 5.91 Å². The lowest BCUT2D eigenvalue weighted by atomic mass is 9.84. The molecule has 0 unspecified atom stereocenters.